The molecule has 3 aliphatic rings. The molecule has 5 nitrogen and oxygen atoms in total. The highest BCUT2D eigenvalue weighted by molar-refractivity contribution is 6.02. The normalized spacial score (nSPS) is 36.2. The summed E-state index contributed by atoms with van der Waals surface area (Å²) in [5.74, 6) is -1.19. The molecule has 1 spiro atoms. The first-order valence-electron chi connectivity index (χ1n) is 8.68. The number of amides is 1. The molecular weight excluding hydrogens is 282 g/mol. The monoisotopic (exact) mass is 309 g/mol. The zero-order valence-electron chi connectivity index (χ0n) is 13.4. The van der Waals surface area contributed by atoms with Gasteiger partial charge in [0.05, 0.1) is 6.10 Å². The van der Waals surface area contributed by atoms with E-state index in [9.17, 15) is 14.7 Å². The Labute approximate surface area is 131 Å². The second-order valence-corrected chi connectivity index (χ2v) is 7.38. The van der Waals surface area contributed by atoms with Crippen molar-refractivity contribution in [3.63, 3.8) is 0 Å². The van der Waals surface area contributed by atoms with Gasteiger partial charge in [0.1, 0.15) is 5.41 Å². The molecule has 0 aromatic carbocycles. The van der Waals surface area contributed by atoms with Crippen LogP contribution in [-0.4, -0.2) is 35.7 Å². The van der Waals surface area contributed by atoms with Crippen LogP contribution in [0.5, 0.6) is 0 Å². The molecule has 22 heavy (non-hydrogen) atoms. The van der Waals surface area contributed by atoms with E-state index in [4.69, 9.17) is 4.74 Å². The number of aliphatic carboxylic acids is 1. The molecule has 0 aliphatic heterocycles. The molecule has 1 amide bonds. The molecule has 1 unspecified atom stereocenters. The van der Waals surface area contributed by atoms with Gasteiger partial charge in [0.2, 0.25) is 5.91 Å². The summed E-state index contributed by atoms with van der Waals surface area (Å²) in [6.45, 7) is 2.74. The Hall–Kier alpha value is -1.10. The summed E-state index contributed by atoms with van der Waals surface area (Å²) in [6, 6.07) is 0.163. The van der Waals surface area contributed by atoms with Gasteiger partial charge in [0.25, 0.3) is 0 Å². The molecule has 5 heteroatoms. The molecule has 3 rings (SSSR count). The third kappa shape index (κ3) is 2.64. The number of carbonyl (C=O) groups is 2. The highest BCUT2D eigenvalue weighted by Crippen LogP contribution is 2.61. The maximum absolute atomic E-state index is 12.7. The third-order valence-electron chi connectivity index (χ3n) is 5.97. The number of rotatable bonds is 5. The molecule has 3 fully saturated rings. The molecule has 124 valence electrons. The van der Waals surface area contributed by atoms with Crippen molar-refractivity contribution in [2.24, 2.45) is 10.8 Å². The van der Waals surface area contributed by atoms with E-state index in [0.29, 0.717) is 18.9 Å². The minimum atomic E-state index is -1.19. The van der Waals surface area contributed by atoms with E-state index >= 15 is 0 Å². The number of ether oxygens (including phenoxy) is 1. The van der Waals surface area contributed by atoms with Gasteiger partial charge >= 0.3 is 5.97 Å². The minimum Gasteiger partial charge on any atom is -0.480 e. The highest BCUT2D eigenvalue weighted by Gasteiger charge is 2.63. The van der Waals surface area contributed by atoms with E-state index in [-0.39, 0.29) is 17.4 Å². The van der Waals surface area contributed by atoms with Crippen molar-refractivity contribution in [3.05, 3.63) is 0 Å². The molecule has 1 atom stereocenters. The molecule has 0 bridgehead atoms. The van der Waals surface area contributed by atoms with E-state index in [0.717, 1.165) is 51.6 Å². The van der Waals surface area contributed by atoms with Crippen LogP contribution in [0.2, 0.25) is 0 Å². The van der Waals surface area contributed by atoms with Gasteiger partial charge in [-0.3, -0.25) is 9.59 Å². The number of carbonyl (C=O) groups excluding carboxylic acids is 1. The minimum absolute atomic E-state index is 0.163. The summed E-state index contributed by atoms with van der Waals surface area (Å²) in [4.78, 5) is 24.5. The van der Waals surface area contributed by atoms with Crippen LogP contribution in [0, 0.1) is 10.8 Å². The van der Waals surface area contributed by atoms with Crippen molar-refractivity contribution < 1.29 is 19.4 Å². The maximum Gasteiger partial charge on any atom is 0.319 e. The van der Waals surface area contributed by atoms with Gasteiger partial charge in [0, 0.05) is 12.6 Å². The number of hydrogen-bond acceptors (Lipinski definition) is 3. The molecule has 0 heterocycles. The predicted octanol–water partition coefficient (Wildman–Crippen LogP) is 2.49. The van der Waals surface area contributed by atoms with Crippen molar-refractivity contribution in [3.8, 4) is 0 Å². The first-order valence-corrected chi connectivity index (χ1v) is 8.68. The summed E-state index contributed by atoms with van der Waals surface area (Å²) in [6.07, 6.45) is 8.03. The first-order chi connectivity index (χ1) is 10.5. The van der Waals surface area contributed by atoms with E-state index in [1.54, 1.807) is 0 Å². The Morgan fingerprint density at radius 1 is 1.14 bits per heavy atom. The zero-order valence-corrected chi connectivity index (χ0v) is 13.4. The second-order valence-electron chi connectivity index (χ2n) is 7.38. The molecule has 0 aromatic rings. The lowest BCUT2D eigenvalue weighted by Gasteiger charge is -2.37. The van der Waals surface area contributed by atoms with Gasteiger partial charge in [-0.05, 0) is 44.4 Å². The second kappa shape index (κ2) is 5.84. The summed E-state index contributed by atoms with van der Waals surface area (Å²) in [5, 5.41) is 12.7. The smallest absolute Gasteiger partial charge is 0.319 e. The van der Waals surface area contributed by atoms with Crippen molar-refractivity contribution in [2.75, 3.05) is 6.61 Å². The Kier molecular flexibility index (Phi) is 4.19. The van der Waals surface area contributed by atoms with Gasteiger partial charge in [-0.15, -0.1) is 0 Å². The van der Waals surface area contributed by atoms with Gasteiger partial charge in [-0.1, -0.05) is 25.7 Å². The van der Waals surface area contributed by atoms with E-state index in [1.807, 2.05) is 6.92 Å². The molecule has 3 aliphatic carbocycles. The lowest BCUT2D eigenvalue weighted by molar-refractivity contribution is -0.157. The fourth-order valence-corrected chi connectivity index (χ4v) is 4.37. The molecule has 0 radical (unpaired) electrons. The Balaban J connectivity index is 1.58. The van der Waals surface area contributed by atoms with Crippen LogP contribution in [0.3, 0.4) is 0 Å². The number of carboxylic acid groups (broad SMARTS) is 1. The first kappa shape index (κ1) is 15.8. The average molecular weight is 309 g/mol. The van der Waals surface area contributed by atoms with Crippen LogP contribution < -0.4 is 5.32 Å². The molecular formula is C17H27NO4. The van der Waals surface area contributed by atoms with E-state index in [2.05, 4.69) is 5.32 Å². The summed E-state index contributed by atoms with van der Waals surface area (Å²) in [7, 11) is 0. The van der Waals surface area contributed by atoms with Crippen LogP contribution in [0.15, 0.2) is 0 Å². The fourth-order valence-electron chi connectivity index (χ4n) is 4.37. The SMILES string of the molecule is CCOC1CC2(C1)CC2NC(=O)C1(C(=O)O)CCCCCC1. The number of carboxylic acids is 1. The van der Waals surface area contributed by atoms with Gasteiger partial charge in [0.15, 0.2) is 0 Å². The van der Waals surface area contributed by atoms with Crippen LogP contribution in [-0.2, 0) is 14.3 Å². The van der Waals surface area contributed by atoms with Crippen molar-refractivity contribution in [2.45, 2.75) is 76.9 Å². The molecule has 0 saturated heterocycles. The Morgan fingerprint density at radius 3 is 2.32 bits per heavy atom. The largest absolute Gasteiger partial charge is 0.480 e. The molecule has 2 N–H and O–H groups in total. The molecule has 0 aromatic heterocycles. The van der Waals surface area contributed by atoms with Crippen molar-refractivity contribution >= 4 is 11.9 Å². The van der Waals surface area contributed by atoms with E-state index in [1.165, 1.54) is 0 Å². The van der Waals surface area contributed by atoms with Crippen LogP contribution in [0.25, 0.3) is 0 Å². The van der Waals surface area contributed by atoms with E-state index < -0.39 is 11.4 Å². The summed E-state index contributed by atoms with van der Waals surface area (Å²) < 4.78 is 5.59. The van der Waals surface area contributed by atoms with Crippen LogP contribution in [0.4, 0.5) is 0 Å². The summed E-state index contributed by atoms with van der Waals surface area (Å²) >= 11 is 0. The summed E-state index contributed by atoms with van der Waals surface area (Å²) in [5.41, 5.74) is -0.983. The van der Waals surface area contributed by atoms with Gasteiger partial charge < -0.3 is 15.2 Å². The van der Waals surface area contributed by atoms with Gasteiger partial charge in [-0.2, -0.15) is 0 Å². The topological polar surface area (TPSA) is 75.6 Å². The van der Waals surface area contributed by atoms with Crippen LogP contribution >= 0.6 is 0 Å². The number of nitrogens with one attached hydrogen (secondary N) is 1. The molecule has 3 saturated carbocycles. The third-order valence-corrected chi connectivity index (χ3v) is 5.97. The van der Waals surface area contributed by atoms with Crippen molar-refractivity contribution in [1.29, 1.82) is 0 Å². The van der Waals surface area contributed by atoms with Gasteiger partial charge in [-0.25, -0.2) is 0 Å². The average Bonchev–Trinajstić information content (AvgIpc) is 3.17. The Bertz CT molecular complexity index is 448. The predicted molar refractivity (Wildman–Crippen MR) is 81.4 cm³/mol. The number of hydrogen-bond donors (Lipinski definition) is 2. The lowest BCUT2D eigenvalue weighted by Crippen LogP contribution is -2.49. The lowest BCUT2D eigenvalue weighted by atomic mass is 9.77. The zero-order chi connectivity index (χ0) is 15.8. The quantitative estimate of drug-likeness (QED) is 0.604. The van der Waals surface area contributed by atoms with Crippen LogP contribution in [0.1, 0.15) is 64.7 Å². The highest BCUT2D eigenvalue weighted by atomic mass is 16.5. The maximum atomic E-state index is 12.7. The Morgan fingerprint density at radius 2 is 1.77 bits per heavy atom. The fraction of sp³-hybridized carbons (Fsp3) is 0.882. The van der Waals surface area contributed by atoms with Crippen molar-refractivity contribution in [1.82, 2.24) is 5.32 Å². The standard InChI is InChI=1S/C17H27NO4/c1-2-22-12-9-16(10-12)11-13(16)18-14(19)17(15(20)21)7-5-3-4-6-8-17/h12-13H,2-11H2,1H3,(H,18,19)(H,20,21).